The maximum Gasteiger partial charge on any atom is 0.316 e. The molecule has 0 saturated carbocycles. The second kappa shape index (κ2) is 6.04. The van der Waals surface area contributed by atoms with Crippen molar-refractivity contribution in [2.24, 2.45) is 0 Å². The minimum absolute atomic E-state index is 0.114. The zero-order valence-electron chi connectivity index (χ0n) is 11.1. The number of aromatic nitrogens is 2. The standard InChI is InChI=1S/C13H12N2O5S/c1-17-11(16)7-21-13-15-14-12(20-13)10-6-18-8-4-2-3-5-9(8)19-10/h2-5,10H,6-7H2,1H3/t10-/m1/s1. The molecule has 0 aliphatic carbocycles. The van der Waals surface area contributed by atoms with Gasteiger partial charge in [-0.15, -0.1) is 10.2 Å². The van der Waals surface area contributed by atoms with Crippen LogP contribution < -0.4 is 9.47 Å². The van der Waals surface area contributed by atoms with Gasteiger partial charge in [-0.25, -0.2) is 0 Å². The van der Waals surface area contributed by atoms with Crippen molar-refractivity contribution >= 4 is 17.7 Å². The summed E-state index contributed by atoms with van der Waals surface area (Å²) in [4.78, 5) is 11.1. The van der Waals surface area contributed by atoms with E-state index in [-0.39, 0.29) is 16.9 Å². The number of carbonyl (C=O) groups is 1. The Morgan fingerprint density at radius 3 is 3.00 bits per heavy atom. The highest BCUT2D eigenvalue weighted by Crippen LogP contribution is 2.35. The minimum atomic E-state index is -0.458. The summed E-state index contributed by atoms with van der Waals surface area (Å²) in [5.74, 6) is 1.40. The van der Waals surface area contributed by atoms with Crippen molar-refractivity contribution < 1.29 is 23.4 Å². The van der Waals surface area contributed by atoms with Crippen LogP contribution in [0.1, 0.15) is 12.0 Å². The smallest absolute Gasteiger partial charge is 0.316 e. The number of carbonyl (C=O) groups excluding carboxylic acids is 1. The molecule has 2 heterocycles. The van der Waals surface area contributed by atoms with E-state index in [0.29, 0.717) is 24.0 Å². The van der Waals surface area contributed by atoms with Crippen LogP contribution in [0.25, 0.3) is 0 Å². The van der Waals surface area contributed by atoms with E-state index in [9.17, 15) is 4.79 Å². The molecule has 110 valence electrons. The molecule has 0 spiro atoms. The van der Waals surface area contributed by atoms with Gasteiger partial charge >= 0.3 is 5.97 Å². The van der Waals surface area contributed by atoms with Crippen molar-refractivity contribution in [1.82, 2.24) is 10.2 Å². The van der Waals surface area contributed by atoms with Gasteiger partial charge in [0.05, 0.1) is 7.11 Å². The van der Waals surface area contributed by atoms with Crippen molar-refractivity contribution in [3.63, 3.8) is 0 Å². The van der Waals surface area contributed by atoms with Crippen LogP contribution in [0.3, 0.4) is 0 Å². The number of esters is 1. The summed E-state index contributed by atoms with van der Waals surface area (Å²) in [6.45, 7) is 0.292. The Bertz CT molecular complexity index is 645. The first-order chi connectivity index (χ1) is 10.3. The lowest BCUT2D eigenvalue weighted by Gasteiger charge is -2.23. The SMILES string of the molecule is COC(=O)CSc1nnc([C@H]2COc3ccccc3O2)o1. The quantitative estimate of drug-likeness (QED) is 0.625. The predicted molar refractivity (Wildman–Crippen MR) is 72.3 cm³/mol. The number of nitrogens with zero attached hydrogens (tertiary/aromatic N) is 2. The first-order valence-electron chi connectivity index (χ1n) is 6.18. The maximum absolute atomic E-state index is 11.1. The molecule has 1 aliphatic rings. The number of hydrogen-bond acceptors (Lipinski definition) is 8. The fourth-order valence-electron chi connectivity index (χ4n) is 1.73. The van der Waals surface area contributed by atoms with Gasteiger partial charge in [0.25, 0.3) is 11.1 Å². The summed E-state index contributed by atoms with van der Waals surface area (Å²) >= 11 is 1.11. The molecule has 2 aromatic rings. The molecule has 1 aromatic heterocycles. The average Bonchev–Trinajstić information content (AvgIpc) is 3.01. The van der Waals surface area contributed by atoms with E-state index in [2.05, 4.69) is 14.9 Å². The molecule has 0 fully saturated rings. The van der Waals surface area contributed by atoms with Crippen molar-refractivity contribution in [1.29, 1.82) is 0 Å². The first-order valence-corrected chi connectivity index (χ1v) is 7.16. The van der Waals surface area contributed by atoms with Gasteiger partial charge < -0.3 is 18.6 Å². The fourth-order valence-corrected chi connectivity index (χ4v) is 2.33. The number of thioether (sulfide) groups is 1. The average molecular weight is 308 g/mol. The van der Waals surface area contributed by atoms with Crippen molar-refractivity contribution in [2.75, 3.05) is 19.5 Å². The summed E-state index contributed by atoms with van der Waals surface area (Å²) < 4.78 is 21.3. The molecule has 21 heavy (non-hydrogen) atoms. The van der Waals surface area contributed by atoms with Gasteiger partial charge in [-0.3, -0.25) is 4.79 Å². The monoisotopic (exact) mass is 308 g/mol. The van der Waals surface area contributed by atoms with Crippen molar-refractivity contribution in [2.45, 2.75) is 11.3 Å². The lowest BCUT2D eigenvalue weighted by molar-refractivity contribution is -0.137. The molecular weight excluding hydrogens is 296 g/mol. The van der Waals surface area contributed by atoms with E-state index in [1.807, 2.05) is 24.3 Å². The third-order valence-corrected chi connectivity index (χ3v) is 3.54. The summed E-state index contributed by atoms with van der Waals surface area (Å²) in [6.07, 6.45) is -0.458. The Morgan fingerprint density at radius 2 is 2.19 bits per heavy atom. The molecule has 0 amide bonds. The number of hydrogen-bond donors (Lipinski definition) is 0. The van der Waals surface area contributed by atoms with E-state index >= 15 is 0 Å². The molecule has 0 N–H and O–H groups in total. The number of ether oxygens (including phenoxy) is 3. The van der Waals surface area contributed by atoms with Gasteiger partial charge in [-0.2, -0.15) is 0 Å². The molecular formula is C13H12N2O5S. The number of para-hydroxylation sites is 2. The zero-order chi connectivity index (χ0) is 14.7. The van der Waals surface area contributed by atoms with E-state index in [0.717, 1.165) is 11.8 Å². The van der Waals surface area contributed by atoms with Gasteiger partial charge in [0, 0.05) is 0 Å². The second-order valence-corrected chi connectivity index (χ2v) is 5.06. The van der Waals surface area contributed by atoms with Crippen LogP contribution in [0.2, 0.25) is 0 Å². The van der Waals surface area contributed by atoms with Gasteiger partial charge in [0.1, 0.15) is 12.4 Å². The maximum atomic E-state index is 11.1. The van der Waals surface area contributed by atoms with Gasteiger partial charge in [0.15, 0.2) is 11.5 Å². The van der Waals surface area contributed by atoms with E-state index in [4.69, 9.17) is 13.9 Å². The number of fused-ring (bicyclic) bond motifs is 1. The summed E-state index contributed by atoms with van der Waals surface area (Å²) in [6, 6.07) is 7.37. The Kier molecular flexibility index (Phi) is 3.96. The van der Waals surface area contributed by atoms with Crippen LogP contribution in [-0.2, 0) is 9.53 Å². The summed E-state index contributed by atoms with van der Waals surface area (Å²) in [7, 11) is 1.33. The normalized spacial score (nSPS) is 16.5. The first kappa shape index (κ1) is 13.7. The molecule has 3 rings (SSSR count). The van der Waals surface area contributed by atoms with Crippen LogP contribution in [0, 0.1) is 0 Å². The Morgan fingerprint density at radius 1 is 1.38 bits per heavy atom. The van der Waals surface area contributed by atoms with Crippen LogP contribution in [0.5, 0.6) is 11.5 Å². The fraction of sp³-hybridized carbons (Fsp3) is 0.308. The van der Waals surface area contributed by atoms with Crippen LogP contribution in [-0.4, -0.2) is 35.6 Å². The Labute approximate surface area is 124 Å². The van der Waals surface area contributed by atoms with Crippen LogP contribution >= 0.6 is 11.8 Å². The molecule has 0 unspecified atom stereocenters. The van der Waals surface area contributed by atoms with Crippen molar-refractivity contribution in [3.05, 3.63) is 30.2 Å². The lowest BCUT2D eigenvalue weighted by Crippen LogP contribution is -2.21. The van der Waals surface area contributed by atoms with Gasteiger partial charge in [-0.1, -0.05) is 23.9 Å². The summed E-state index contributed by atoms with van der Waals surface area (Å²) in [5.41, 5.74) is 0. The molecule has 1 atom stereocenters. The molecule has 0 bridgehead atoms. The number of benzene rings is 1. The Hall–Kier alpha value is -2.22. The Balaban J connectivity index is 1.66. The molecule has 1 aliphatic heterocycles. The van der Waals surface area contributed by atoms with E-state index in [1.54, 1.807) is 0 Å². The third-order valence-electron chi connectivity index (χ3n) is 2.75. The zero-order valence-corrected chi connectivity index (χ0v) is 12.0. The number of methoxy groups -OCH3 is 1. The molecule has 0 radical (unpaired) electrons. The largest absolute Gasteiger partial charge is 0.485 e. The predicted octanol–water partition coefficient (Wildman–Crippen LogP) is 1.85. The molecule has 8 heteroatoms. The van der Waals surface area contributed by atoms with Gasteiger partial charge in [0.2, 0.25) is 6.10 Å². The molecule has 1 aromatic carbocycles. The van der Waals surface area contributed by atoms with Gasteiger partial charge in [-0.05, 0) is 12.1 Å². The van der Waals surface area contributed by atoms with E-state index < -0.39 is 6.10 Å². The minimum Gasteiger partial charge on any atom is -0.485 e. The van der Waals surface area contributed by atoms with Crippen LogP contribution in [0.4, 0.5) is 0 Å². The number of rotatable bonds is 4. The third kappa shape index (κ3) is 3.10. The molecule has 7 nitrogen and oxygen atoms in total. The van der Waals surface area contributed by atoms with Crippen LogP contribution in [0.15, 0.2) is 33.9 Å². The highest BCUT2D eigenvalue weighted by molar-refractivity contribution is 7.99. The highest BCUT2D eigenvalue weighted by Gasteiger charge is 2.27. The van der Waals surface area contributed by atoms with Crippen molar-refractivity contribution in [3.8, 4) is 11.5 Å². The lowest BCUT2D eigenvalue weighted by atomic mass is 10.2. The highest BCUT2D eigenvalue weighted by atomic mass is 32.2. The summed E-state index contributed by atoms with van der Waals surface area (Å²) in [5, 5.41) is 8.07. The molecule has 0 saturated heterocycles. The van der Waals surface area contributed by atoms with E-state index in [1.165, 1.54) is 7.11 Å². The topological polar surface area (TPSA) is 83.7 Å². The second-order valence-electron chi connectivity index (χ2n) is 4.14.